The number of halogens is 1. The summed E-state index contributed by atoms with van der Waals surface area (Å²) < 4.78 is 29.1. The van der Waals surface area contributed by atoms with Crippen LogP contribution in [-0.4, -0.2) is 24.7 Å². The van der Waals surface area contributed by atoms with E-state index in [1.807, 2.05) is 26.0 Å². The maximum absolute atomic E-state index is 12.3. The van der Waals surface area contributed by atoms with Crippen LogP contribution in [0.25, 0.3) is 0 Å². The Morgan fingerprint density at radius 2 is 2.00 bits per heavy atom. The van der Waals surface area contributed by atoms with E-state index in [0.29, 0.717) is 29.4 Å². The monoisotopic (exact) mass is 341 g/mol. The Labute approximate surface area is 136 Å². The highest BCUT2D eigenvalue weighted by Gasteiger charge is 2.16. The molecule has 0 fully saturated rings. The smallest absolute Gasteiger partial charge is 0.240 e. The Morgan fingerprint density at radius 1 is 1.27 bits per heavy atom. The number of rotatable bonds is 6. The molecule has 0 radical (unpaired) electrons. The highest BCUT2D eigenvalue weighted by atomic mass is 35.5. The van der Waals surface area contributed by atoms with Crippen molar-refractivity contribution in [2.75, 3.05) is 6.54 Å². The van der Waals surface area contributed by atoms with E-state index in [2.05, 4.69) is 9.82 Å². The Hall–Kier alpha value is -1.37. The summed E-state index contributed by atoms with van der Waals surface area (Å²) in [5.41, 5.74) is 2.56. The SMILES string of the molecule is Cc1ccc(C)c(S(=O)(=O)NCCCn2ncc(Cl)c2C)c1. The van der Waals surface area contributed by atoms with Crippen molar-refractivity contribution in [2.24, 2.45) is 0 Å². The molecule has 1 aromatic carbocycles. The van der Waals surface area contributed by atoms with Gasteiger partial charge in [-0.3, -0.25) is 4.68 Å². The van der Waals surface area contributed by atoms with Gasteiger partial charge in [-0.1, -0.05) is 23.7 Å². The van der Waals surface area contributed by atoms with Gasteiger partial charge in [-0.15, -0.1) is 0 Å². The number of nitrogens with zero attached hydrogens (tertiary/aromatic N) is 2. The summed E-state index contributed by atoms with van der Waals surface area (Å²) in [4.78, 5) is 0.339. The molecule has 0 atom stereocenters. The number of hydrogen-bond acceptors (Lipinski definition) is 3. The Balaban J connectivity index is 1.96. The molecule has 0 saturated carbocycles. The molecule has 7 heteroatoms. The molecule has 0 bridgehead atoms. The molecule has 1 heterocycles. The van der Waals surface area contributed by atoms with Crippen molar-refractivity contribution in [3.8, 4) is 0 Å². The number of hydrogen-bond donors (Lipinski definition) is 1. The third-order valence-corrected chi connectivity index (χ3v) is 5.49. The van der Waals surface area contributed by atoms with Gasteiger partial charge in [0.1, 0.15) is 0 Å². The summed E-state index contributed by atoms with van der Waals surface area (Å²) in [5, 5.41) is 4.76. The second kappa shape index (κ2) is 6.81. The zero-order chi connectivity index (χ0) is 16.3. The minimum absolute atomic E-state index is 0.339. The van der Waals surface area contributed by atoms with Crippen molar-refractivity contribution in [3.63, 3.8) is 0 Å². The first-order valence-electron chi connectivity index (χ1n) is 7.06. The molecule has 2 aromatic rings. The molecular weight excluding hydrogens is 322 g/mol. The zero-order valence-electron chi connectivity index (χ0n) is 12.9. The van der Waals surface area contributed by atoms with E-state index in [0.717, 1.165) is 16.8 Å². The van der Waals surface area contributed by atoms with Crippen LogP contribution in [-0.2, 0) is 16.6 Å². The van der Waals surface area contributed by atoms with Gasteiger partial charge < -0.3 is 0 Å². The van der Waals surface area contributed by atoms with Gasteiger partial charge in [0.15, 0.2) is 0 Å². The Kier molecular flexibility index (Phi) is 5.26. The van der Waals surface area contributed by atoms with Crippen molar-refractivity contribution in [3.05, 3.63) is 46.2 Å². The average Bonchev–Trinajstić information content (AvgIpc) is 2.78. The molecule has 2 rings (SSSR count). The molecular formula is C15H20ClN3O2S. The minimum Gasteiger partial charge on any atom is -0.268 e. The van der Waals surface area contributed by atoms with Gasteiger partial charge in [-0.05, 0) is 44.4 Å². The summed E-state index contributed by atoms with van der Waals surface area (Å²) in [6, 6.07) is 5.41. The van der Waals surface area contributed by atoms with Crippen molar-refractivity contribution >= 4 is 21.6 Å². The van der Waals surface area contributed by atoms with Crippen LogP contribution in [0, 0.1) is 20.8 Å². The van der Waals surface area contributed by atoms with E-state index in [1.165, 1.54) is 0 Å². The number of sulfonamides is 1. The molecule has 0 spiro atoms. The molecule has 0 aliphatic rings. The lowest BCUT2D eigenvalue weighted by atomic mass is 10.2. The third kappa shape index (κ3) is 3.88. The van der Waals surface area contributed by atoms with E-state index in [9.17, 15) is 8.42 Å². The second-order valence-electron chi connectivity index (χ2n) is 5.32. The first-order valence-corrected chi connectivity index (χ1v) is 8.92. The molecule has 120 valence electrons. The first-order chi connectivity index (χ1) is 10.3. The third-order valence-electron chi connectivity index (χ3n) is 3.52. The predicted molar refractivity (Wildman–Crippen MR) is 87.7 cm³/mol. The van der Waals surface area contributed by atoms with Crippen LogP contribution in [0.3, 0.4) is 0 Å². The maximum atomic E-state index is 12.3. The summed E-state index contributed by atoms with van der Waals surface area (Å²) in [7, 11) is -3.48. The maximum Gasteiger partial charge on any atom is 0.240 e. The molecule has 0 aliphatic heterocycles. The molecule has 0 amide bonds. The van der Waals surface area contributed by atoms with E-state index in [-0.39, 0.29) is 0 Å². The zero-order valence-corrected chi connectivity index (χ0v) is 14.5. The number of benzene rings is 1. The fraction of sp³-hybridized carbons (Fsp3) is 0.400. The first kappa shape index (κ1) is 17.0. The minimum atomic E-state index is -3.48. The van der Waals surface area contributed by atoms with Gasteiger partial charge in [0.05, 0.1) is 21.8 Å². The summed E-state index contributed by atoms with van der Waals surface area (Å²) >= 11 is 5.93. The van der Waals surface area contributed by atoms with Crippen molar-refractivity contribution in [2.45, 2.75) is 38.6 Å². The van der Waals surface area contributed by atoms with Crippen LogP contribution in [0.15, 0.2) is 29.3 Å². The van der Waals surface area contributed by atoms with Gasteiger partial charge in [-0.2, -0.15) is 5.10 Å². The second-order valence-corrected chi connectivity index (χ2v) is 7.46. The van der Waals surface area contributed by atoms with E-state index >= 15 is 0 Å². The largest absolute Gasteiger partial charge is 0.268 e. The van der Waals surface area contributed by atoms with Crippen LogP contribution in [0.5, 0.6) is 0 Å². The van der Waals surface area contributed by atoms with Gasteiger partial charge in [0.25, 0.3) is 0 Å². The standard InChI is InChI=1S/C15H20ClN3O2S/c1-11-5-6-12(2)15(9-11)22(20,21)18-7-4-8-19-13(3)14(16)10-17-19/h5-6,9-10,18H,4,7-8H2,1-3H3. The highest BCUT2D eigenvalue weighted by Crippen LogP contribution is 2.17. The lowest BCUT2D eigenvalue weighted by Gasteiger charge is -2.10. The van der Waals surface area contributed by atoms with Crippen LogP contribution >= 0.6 is 11.6 Å². The van der Waals surface area contributed by atoms with Crippen LogP contribution in [0.4, 0.5) is 0 Å². The van der Waals surface area contributed by atoms with Crippen LogP contribution in [0.2, 0.25) is 5.02 Å². The van der Waals surface area contributed by atoms with Crippen LogP contribution in [0.1, 0.15) is 23.2 Å². The lowest BCUT2D eigenvalue weighted by Crippen LogP contribution is -2.26. The number of aryl methyl sites for hydroxylation is 3. The van der Waals surface area contributed by atoms with Gasteiger partial charge in [0.2, 0.25) is 10.0 Å². The average molecular weight is 342 g/mol. The van der Waals surface area contributed by atoms with E-state index < -0.39 is 10.0 Å². The van der Waals surface area contributed by atoms with Gasteiger partial charge in [0, 0.05) is 13.1 Å². The van der Waals surface area contributed by atoms with Gasteiger partial charge >= 0.3 is 0 Å². The normalized spacial score (nSPS) is 11.8. The fourth-order valence-electron chi connectivity index (χ4n) is 2.16. The Morgan fingerprint density at radius 3 is 2.64 bits per heavy atom. The molecule has 1 aromatic heterocycles. The molecule has 5 nitrogen and oxygen atoms in total. The fourth-order valence-corrected chi connectivity index (χ4v) is 3.70. The van der Waals surface area contributed by atoms with Gasteiger partial charge in [-0.25, -0.2) is 13.1 Å². The number of aromatic nitrogens is 2. The van der Waals surface area contributed by atoms with Crippen molar-refractivity contribution in [1.82, 2.24) is 14.5 Å². The van der Waals surface area contributed by atoms with Crippen molar-refractivity contribution in [1.29, 1.82) is 0 Å². The lowest BCUT2D eigenvalue weighted by molar-refractivity contribution is 0.546. The molecule has 1 N–H and O–H groups in total. The molecule has 22 heavy (non-hydrogen) atoms. The van der Waals surface area contributed by atoms with Crippen LogP contribution < -0.4 is 4.72 Å². The molecule has 0 unspecified atom stereocenters. The highest BCUT2D eigenvalue weighted by molar-refractivity contribution is 7.89. The molecule has 0 saturated heterocycles. The molecule has 0 aliphatic carbocycles. The Bertz CT molecular complexity index is 769. The summed E-state index contributed by atoms with van der Waals surface area (Å²) in [5.74, 6) is 0. The summed E-state index contributed by atoms with van der Waals surface area (Å²) in [6.45, 7) is 6.53. The quantitative estimate of drug-likeness (QED) is 0.822. The predicted octanol–water partition coefficient (Wildman–Crippen LogP) is 2.83. The van der Waals surface area contributed by atoms with E-state index in [1.54, 1.807) is 23.9 Å². The number of nitrogens with one attached hydrogen (secondary N) is 1. The topological polar surface area (TPSA) is 64.0 Å². The van der Waals surface area contributed by atoms with Crippen molar-refractivity contribution < 1.29 is 8.42 Å². The van der Waals surface area contributed by atoms with E-state index in [4.69, 9.17) is 11.6 Å². The summed E-state index contributed by atoms with van der Waals surface area (Å²) in [6.07, 6.45) is 2.24.